The predicted octanol–water partition coefficient (Wildman–Crippen LogP) is 26.9. The highest BCUT2D eigenvalue weighted by molar-refractivity contribution is 5.70. The molecule has 0 aliphatic heterocycles. The van der Waals surface area contributed by atoms with Gasteiger partial charge in [-0.25, -0.2) is 0 Å². The molecule has 0 aliphatic carbocycles. The summed E-state index contributed by atoms with van der Waals surface area (Å²) in [7, 11) is 0. The third-order valence-corrected chi connectivity index (χ3v) is 16.7. The van der Waals surface area contributed by atoms with Gasteiger partial charge >= 0.3 is 11.9 Å². The van der Waals surface area contributed by atoms with Crippen molar-refractivity contribution in [3.63, 3.8) is 0 Å². The van der Waals surface area contributed by atoms with Crippen LogP contribution < -0.4 is 0 Å². The third-order valence-electron chi connectivity index (χ3n) is 16.7. The van der Waals surface area contributed by atoms with Crippen LogP contribution in [0.25, 0.3) is 0 Å². The molecule has 5 heteroatoms. The molecule has 0 aromatic heterocycles. The van der Waals surface area contributed by atoms with Gasteiger partial charge in [0.05, 0.1) is 6.61 Å². The second-order valence-corrected chi connectivity index (χ2v) is 25.3. The maximum Gasteiger partial charge on any atom is 0.306 e. The molecule has 0 saturated heterocycles. The minimum atomic E-state index is -0.787. The fourth-order valence-corrected chi connectivity index (χ4v) is 11.1. The molecule has 1 atom stereocenters. The van der Waals surface area contributed by atoms with E-state index in [9.17, 15) is 14.7 Å². The average molecular weight is 1220 g/mol. The van der Waals surface area contributed by atoms with Crippen molar-refractivity contribution in [3.05, 3.63) is 122 Å². The lowest BCUT2D eigenvalue weighted by Gasteiger charge is -2.15. The topological polar surface area (TPSA) is 72.8 Å². The largest absolute Gasteiger partial charge is 0.462 e. The molecule has 5 nitrogen and oxygen atoms in total. The summed E-state index contributed by atoms with van der Waals surface area (Å²) < 4.78 is 10.8. The summed E-state index contributed by atoms with van der Waals surface area (Å²) >= 11 is 0. The molecular weight excluding hydrogens is 1080 g/mol. The van der Waals surface area contributed by atoms with E-state index in [1.165, 1.54) is 244 Å². The standard InChI is InChI=1S/C83H144O5/c1-3-5-7-9-11-13-15-17-19-21-23-25-27-29-31-33-35-37-39-40-41-42-44-45-47-49-51-53-55-57-59-61-63-65-67-69-71-73-75-77-82(85)87-80-81(79-84)88-83(86)78-76-74-72-70-68-66-64-62-60-58-56-54-52-50-48-46-43-38-36-34-32-30-28-26-24-22-20-18-16-14-12-10-8-6-4-2/h6,8,12,14,18,20-21,23-24,26,30,32,36,38,46,48,52,54,58,60,81,84H,3-5,7,9-11,13,15-17,19,22,25,27-29,31,33-35,37,39-45,47,49-51,53,55-57,59,61-80H2,1-2H3/b8-6-,14-12-,20-18-,23-21-,26-24-,32-30-,38-36-,48-46-,54-52-,60-58-. The van der Waals surface area contributed by atoms with E-state index >= 15 is 0 Å². The summed E-state index contributed by atoms with van der Waals surface area (Å²) in [5, 5.41) is 9.72. The number of allylic oxidation sites excluding steroid dienone is 20. The van der Waals surface area contributed by atoms with Gasteiger partial charge < -0.3 is 14.6 Å². The number of unbranched alkanes of at least 4 members (excludes halogenated alkanes) is 42. The molecule has 0 amide bonds. The smallest absolute Gasteiger partial charge is 0.306 e. The Morgan fingerprint density at radius 1 is 0.273 bits per heavy atom. The first-order valence-corrected chi connectivity index (χ1v) is 38.1. The Morgan fingerprint density at radius 2 is 0.489 bits per heavy atom. The second-order valence-electron chi connectivity index (χ2n) is 25.3. The second kappa shape index (κ2) is 77.5. The third kappa shape index (κ3) is 74.8. The van der Waals surface area contributed by atoms with Crippen molar-refractivity contribution in [2.24, 2.45) is 0 Å². The quantitative estimate of drug-likeness (QED) is 0.0373. The van der Waals surface area contributed by atoms with Gasteiger partial charge in [0.25, 0.3) is 0 Å². The van der Waals surface area contributed by atoms with Gasteiger partial charge in [0, 0.05) is 12.8 Å². The minimum absolute atomic E-state index is 0.0732. The van der Waals surface area contributed by atoms with Crippen molar-refractivity contribution >= 4 is 11.9 Å². The van der Waals surface area contributed by atoms with Crippen molar-refractivity contribution in [1.29, 1.82) is 0 Å². The molecule has 0 fully saturated rings. The van der Waals surface area contributed by atoms with Crippen LogP contribution in [0.3, 0.4) is 0 Å². The van der Waals surface area contributed by atoms with Crippen LogP contribution in [0.2, 0.25) is 0 Å². The molecule has 0 aromatic rings. The van der Waals surface area contributed by atoms with Gasteiger partial charge in [0.15, 0.2) is 6.10 Å². The van der Waals surface area contributed by atoms with Crippen LogP contribution in [0.1, 0.15) is 373 Å². The Hall–Kier alpha value is -3.70. The molecule has 0 aliphatic rings. The fraction of sp³-hybridized carbons (Fsp3) is 0.735. The summed E-state index contributed by atoms with van der Waals surface area (Å²) in [6.07, 6.45) is 114. The fourth-order valence-electron chi connectivity index (χ4n) is 11.1. The SMILES string of the molecule is CC/C=C\C/C=C\C/C=C\C/C=C\C/C=C\C/C=C\C/C=C\C/C=C\C/C=C\CCCCCCCCCC(=O)OC(CO)COC(=O)CCCCCCCCCCCCCCCCCCCCCCCCCCCCC/C=C\CCCCCCCCCC. The van der Waals surface area contributed by atoms with Crippen LogP contribution in [0, 0.1) is 0 Å². The van der Waals surface area contributed by atoms with Crippen molar-refractivity contribution in [1.82, 2.24) is 0 Å². The van der Waals surface area contributed by atoms with Crippen molar-refractivity contribution in [2.45, 2.75) is 380 Å². The number of hydrogen-bond donors (Lipinski definition) is 1. The highest BCUT2D eigenvalue weighted by Gasteiger charge is 2.16. The molecule has 0 rings (SSSR count). The van der Waals surface area contributed by atoms with Gasteiger partial charge in [0.1, 0.15) is 6.61 Å². The lowest BCUT2D eigenvalue weighted by molar-refractivity contribution is -0.161. The van der Waals surface area contributed by atoms with Crippen molar-refractivity contribution in [3.8, 4) is 0 Å². The summed E-state index contributed by atoms with van der Waals surface area (Å²) in [6.45, 7) is 4.05. The molecule has 506 valence electrons. The van der Waals surface area contributed by atoms with Crippen LogP contribution in [0.5, 0.6) is 0 Å². The number of carbonyl (C=O) groups is 2. The number of carbonyl (C=O) groups excluding carboxylic acids is 2. The number of ether oxygens (including phenoxy) is 2. The monoisotopic (exact) mass is 1220 g/mol. The zero-order valence-electron chi connectivity index (χ0n) is 58.2. The summed E-state index contributed by atoms with van der Waals surface area (Å²) in [6, 6.07) is 0. The zero-order chi connectivity index (χ0) is 63.3. The number of esters is 2. The first-order valence-electron chi connectivity index (χ1n) is 38.1. The Bertz CT molecular complexity index is 1720. The van der Waals surface area contributed by atoms with E-state index in [2.05, 4.69) is 135 Å². The maximum atomic E-state index is 12.4. The minimum Gasteiger partial charge on any atom is -0.462 e. The van der Waals surface area contributed by atoms with E-state index in [0.29, 0.717) is 12.8 Å². The predicted molar refractivity (Wildman–Crippen MR) is 389 cm³/mol. The first-order chi connectivity index (χ1) is 43.6. The van der Waals surface area contributed by atoms with E-state index < -0.39 is 6.10 Å². The number of hydrogen-bond acceptors (Lipinski definition) is 5. The normalized spacial score (nSPS) is 12.9. The Labute approximate surface area is 547 Å². The molecule has 0 saturated carbocycles. The highest BCUT2D eigenvalue weighted by atomic mass is 16.6. The van der Waals surface area contributed by atoms with Gasteiger partial charge in [-0.1, -0.05) is 373 Å². The van der Waals surface area contributed by atoms with Crippen LogP contribution in [0.4, 0.5) is 0 Å². The van der Waals surface area contributed by atoms with Crippen molar-refractivity contribution < 1.29 is 24.2 Å². The zero-order valence-corrected chi connectivity index (χ0v) is 58.2. The van der Waals surface area contributed by atoms with E-state index in [-0.39, 0.29) is 25.2 Å². The molecule has 88 heavy (non-hydrogen) atoms. The average Bonchev–Trinajstić information content (AvgIpc) is 3.54. The Balaban J connectivity index is 3.47. The van der Waals surface area contributed by atoms with E-state index in [4.69, 9.17) is 9.47 Å². The molecule has 0 bridgehead atoms. The maximum absolute atomic E-state index is 12.4. The molecular formula is C83H144O5. The molecule has 1 unspecified atom stereocenters. The van der Waals surface area contributed by atoms with Gasteiger partial charge in [-0.15, -0.1) is 0 Å². The van der Waals surface area contributed by atoms with Crippen molar-refractivity contribution in [2.75, 3.05) is 13.2 Å². The van der Waals surface area contributed by atoms with Gasteiger partial charge in [-0.05, 0) is 109 Å². The van der Waals surface area contributed by atoms with Gasteiger partial charge in [0.2, 0.25) is 0 Å². The van der Waals surface area contributed by atoms with Gasteiger partial charge in [-0.2, -0.15) is 0 Å². The number of aliphatic hydroxyl groups is 1. The molecule has 0 aromatic carbocycles. The molecule has 0 heterocycles. The Kier molecular flexibility index (Phi) is 74.3. The first kappa shape index (κ1) is 84.3. The van der Waals surface area contributed by atoms with Crippen LogP contribution >= 0.6 is 0 Å². The summed E-state index contributed by atoms with van der Waals surface area (Å²) in [5.41, 5.74) is 0. The molecule has 0 radical (unpaired) electrons. The Morgan fingerprint density at radius 3 is 0.750 bits per heavy atom. The van der Waals surface area contributed by atoms with Crippen LogP contribution in [-0.2, 0) is 19.1 Å². The molecule has 1 N–H and O–H groups in total. The summed E-state index contributed by atoms with van der Waals surface area (Å²) in [5.74, 6) is -0.595. The highest BCUT2D eigenvalue weighted by Crippen LogP contribution is 2.18. The molecule has 0 spiro atoms. The van der Waals surface area contributed by atoms with E-state index in [0.717, 1.165) is 103 Å². The lowest BCUT2D eigenvalue weighted by atomic mass is 10.0. The van der Waals surface area contributed by atoms with Crippen LogP contribution in [-0.4, -0.2) is 36.4 Å². The van der Waals surface area contributed by atoms with Crippen LogP contribution in [0.15, 0.2) is 122 Å². The number of aliphatic hydroxyl groups excluding tert-OH is 1. The number of rotatable bonds is 70. The summed E-state index contributed by atoms with van der Waals surface area (Å²) in [4.78, 5) is 24.7. The lowest BCUT2D eigenvalue weighted by Crippen LogP contribution is -2.28. The van der Waals surface area contributed by atoms with Gasteiger partial charge in [-0.3, -0.25) is 9.59 Å². The van der Waals surface area contributed by atoms with E-state index in [1.54, 1.807) is 0 Å². The van der Waals surface area contributed by atoms with E-state index in [1.807, 2.05) is 0 Å².